The lowest BCUT2D eigenvalue weighted by atomic mass is 9.85. The largest absolute Gasteiger partial charge is 0.407 e. The van der Waals surface area contributed by atoms with Crippen LogP contribution in [0.15, 0.2) is 30.3 Å². The second kappa shape index (κ2) is 14.2. The Morgan fingerprint density at radius 2 is 1.66 bits per heavy atom. The van der Waals surface area contributed by atoms with E-state index in [2.05, 4.69) is 4.90 Å². The van der Waals surface area contributed by atoms with E-state index in [1.807, 2.05) is 7.05 Å². The lowest BCUT2D eigenvalue weighted by Crippen LogP contribution is -2.44. The first-order valence-corrected chi connectivity index (χ1v) is 18.1. The van der Waals surface area contributed by atoms with Gasteiger partial charge in [-0.15, -0.1) is 0 Å². The summed E-state index contributed by atoms with van der Waals surface area (Å²) in [4.78, 5) is 18.2. The molecule has 5 rings (SSSR count). The van der Waals surface area contributed by atoms with E-state index in [4.69, 9.17) is 16.3 Å². The summed E-state index contributed by atoms with van der Waals surface area (Å²) < 4.78 is 101. The summed E-state index contributed by atoms with van der Waals surface area (Å²) in [7, 11) is -2.27. The number of anilines is 1. The maximum Gasteiger partial charge on any atom is 0.407 e. The molecule has 1 saturated carbocycles. The zero-order valence-corrected chi connectivity index (χ0v) is 28.3. The molecular formula is C33H41ClF5N3O4S. The van der Waals surface area contributed by atoms with Crippen LogP contribution in [0.4, 0.5) is 27.6 Å². The lowest BCUT2D eigenvalue weighted by molar-refractivity contribution is -0.137. The zero-order chi connectivity index (χ0) is 34.3. The molecule has 1 aliphatic carbocycles. The van der Waals surface area contributed by atoms with Crippen molar-refractivity contribution in [3.05, 3.63) is 63.7 Å². The van der Waals surface area contributed by atoms with E-state index in [0.717, 1.165) is 25.2 Å². The van der Waals surface area contributed by atoms with Gasteiger partial charge in [-0.2, -0.15) is 13.2 Å². The van der Waals surface area contributed by atoms with E-state index >= 15 is 4.39 Å². The van der Waals surface area contributed by atoms with Gasteiger partial charge < -0.3 is 14.5 Å². The number of hydrogen-bond donors (Lipinski definition) is 0. The van der Waals surface area contributed by atoms with E-state index in [0.29, 0.717) is 64.9 Å². The van der Waals surface area contributed by atoms with Crippen LogP contribution in [0, 0.1) is 24.5 Å². The highest BCUT2D eigenvalue weighted by molar-refractivity contribution is 7.92. The summed E-state index contributed by atoms with van der Waals surface area (Å²) in [5.74, 6) is -2.87. The van der Waals surface area contributed by atoms with Crippen molar-refractivity contribution in [1.82, 2.24) is 9.80 Å². The number of benzene rings is 2. The number of sulfonamides is 1. The van der Waals surface area contributed by atoms with Crippen molar-refractivity contribution < 1.29 is 39.9 Å². The minimum Gasteiger partial charge on any atom is -0.381 e. The van der Waals surface area contributed by atoms with Gasteiger partial charge in [-0.3, -0.25) is 9.10 Å². The number of aryl methyl sites for hydroxylation is 1. The van der Waals surface area contributed by atoms with Gasteiger partial charge in [-0.05, 0) is 99.2 Å². The van der Waals surface area contributed by atoms with Gasteiger partial charge in [0.1, 0.15) is 18.2 Å². The van der Waals surface area contributed by atoms with Crippen LogP contribution in [-0.4, -0.2) is 88.5 Å². The molecule has 3 aliphatic rings. The minimum atomic E-state index is -4.78. The number of rotatable bonds is 8. The van der Waals surface area contributed by atoms with Crippen LogP contribution in [-0.2, 0) is 19.6 Å². The number of alkyl halides is 3. The molecule has 3 fully saturated rings. The van der Waals surface area contributed by atoms with Gasteiger partial charge in [-0.1, -0.05) is 17.7 Å². The molecular weight excluding hydrogens is 665 g/mol. The summed E-state index contributed by atoms with van der Waals surface area (Å²) in [5.41, 5.74) is 1.06. The highest BCUT2D eigenvalue weighted by Crippen LogP contribution is 2.46. The highest BCUT2D eigenvalue weighted by Gasteiger charge is 2.45. The molecule has 260 valence electrons. The monoisotopic (exact) mass is 705 g/mol. The number of nitrogens with zero attached hydrogens (tertiary/aromatic N) is 3. The second-order valence-electron chi connectivity index (χ2n) is 13.2. The molecule has 2 aliphatic heterocycles. The first kappa shape index (κ1) is 35.8. The smallest absolute Gasteiger partial charge is 0.381 e. The summed E-state index contributed by atoms with van der Waals surface area (Å²) in [6.07, 6.45) is -0.532. The molecule has 0 spiro atoms. The fourth-order valence-electron chi connectivity index (χ4n) is 7.57. The first-order chi connectivity index (χ1) is 22.0. The predicted octanol–water partition coefficient (Wildman–Crippen LogP) is 6.63. The van der Waals surface area contributed by atoms with Crippen LogP contribution >= 0.6 is 11.6 Å². The number of carbonyl (C=O) groups is 1. The quantitative estimate of drug-likeness (QED) is 0.289. The molecule has 0 bridgehead atoms. The standard InChI is InChI=1S/C33H41ClF5N3O4S/c1-20-14-31(42(47(3,44)45)19-33(37,38)39)26(18-29(20)34)21-6-10-41(11-7-21)32(43)28-17-24(40(2)23-8-12-46-13-9-23)16-27(28)25-5-4-22(35)15-30(25)36/h4-5,14-15,18,21,23-24,27-28H,6-13,16-17,19H2,1-3H3/t24?,27-,28+/m0/s1. The molecule has 0 radical (unpaired) electrons. The third-order valence-electron chi connectivity index (χ3n) is 10.1. The third-order valence-corrected chi connectivity index (χ3v) is 11.6. The first-order valence-electron chi connectivity index (χ1n) is 15.9. The minimum absolute atomic E-state index is 0.00640. The van der Waals surface area contributed by atoms with Gasteiger partial charge in [0.2, 0.25) is 15.9 Å². The van der Waals surface area contributed by atoms with Crippen LogP contribution in [0.3, 0.4) is 0 Å². The second-order valence-corrected chi connectivity index (χ2v) is 15.5. The predicted molar refractivity (Wildman–Crippen MR) is 170 cm³/mol. The molecule has 2 heterocycles. The van der Waals surface area contributed by atoms with E-state index in [9.17, 15) is 30.8 Å². The van der Waals surface area contributed by atoms with E-state index in [1.165, 1.54) is 24.3 Å². The van der Waals surface area contributed by atoms with Crippen LogP contribution in [0.2, 0.25) is 5.02 Å². The van der Waals surface area contributed by atoms with E-state index < -0.39 is 46.2 Å². The molecule has 1 unspecified atom stereocenters. The molecule has 7 nitrogen and oxygen atoms in total. The maximum atomic E-state index is 15.1. The summed E-state index contributed by atoms with van der Waals surface area (Å²) in [6.45, 7) is 1.79. The maximum absolute atomic E-state index is 15.1. The van der Waals surface area contributed by atoms with Crippen molar-refractivity contribution >= 4 is 33.2 Å². The van der Waals surface area contributed by atoms with Crippen LogP contribution in [0.5, 0.6) is 0 Å². The SMILES string of the molecule is Cc1cc(N(CC(F)(F)F)S(C)(=O)=O)c(C2CCN(C(=O)[C@@H]3CC(N(C)C4CCOCC4)C[C@H]3c3ccc(F)cc3F)CC2)cc1Cl. The molecule has 0 N–H and O–H groups in total. The number of carbonyl (C=O) groups excluding carboxylic acids is 1. The molecule has 3 atom stereocenters. The topological polar surface area (TPSA) is 70.2 Å². The number of likely N-dealkylation sites (tertiary alicyclic amines) is 1. The van der Waals surface area contributed by atoms with Crippen molar-refractivity contribution in [2.45, 2.75) is 75.5 Å². The van der Waals surface area contributed by atoms with Crippen molar-refractivity contribution in [2.24, 2.45) is 5.92 Å². The lowest BCUT2D eigenvalue weighted by Gasteiger charge is -2.37. The Bertz CT molecular complexity index is 1560. The Balaban J connectivity index is 1.37. The van der Waals surface area contributed by atoms with Gasteiger partial charge >= 0.3 is 6.18 Å². The fourth-order valence-corrected chi connectivity index (χ4v) is 8.64. The van der Waals surface area contributed by atoms with Gasteiger partial charge in [0.15, 0.2) is 0 Å². The molecule has 14 heteroatoms. The summed E-state index contributed by atoms with van der Waals surface area (Å²) >= 11 is 6.39. The summed E-state index contributed by atoms with van der Waals surface area (Å²) in [5, 5.41) is 0.303. The average molecular weight is 706 g/mol. The van der Waals surface area contributed by atoms with Gasteiger partial charge in [0.05, 0.1) is 11.9 Å². The normalized spacial score (nSPS) is 23.4. The Morgan fingerprint density at radius 3 is 2.26 bits per heavy atom. The molecule has 2 aromatic carbocycles. The van der Waals surface area contributed by atoms with Crippen LogP contribution in [0.25, 0.3) is 0 Å². The number of piperidine rings is 1. The van der Waals surface area contributed by atoms with Crippen molar-refractivity contribution in [1.29, 1.82) is 0 Å². The Labute approximate surface area is 278 Å². The van der Waals surface area contributed by atoms with E-state index in [-0.39, 0.29) is 42.7 Å². The fraction of sp³-hybridized carbons (Fsp3) is 0.606. The van der Waals surface area contributed by atoms with E-state index in [1.54, 1.807) is 11.8 Å². The van der Waals surface area contributed by atoms with Crippen molar-refractivity contribution in [2.75, 3.05) is 50.5 Å². The van der Waals surface area contributed by atoms with Crippen LogP contribution in [0.1, 0.15) is 67.1 Å². The van der Waals surface area contributed by atoms with Gasteiger partial charge in [0.25, 0.3) is 0 Å². The van der Waals surface area contributed by atoms with Crippen molar-refractivity contribution in [3.63, 3.8) is 0 Å². The van der Waals surface area contributed by atoms with Crippen molar-refractivity contribution in [3.8, 4) is 0 Å². The molecule has 1 amide bonds. The van der Waals surface area contributed by atoms with Gasteiger partial charge in [-0.25, -0.2) is 17.2 Å². The molecule has 0 aromatic heterocycles. The average Bonchev–Trinajstić information content (AvgIpc) is 3.45. The highest BCUT2D eigenvalue weighted by atomic mass is 35.5. The van der Waals surface area contributed by atoms with Crippen LogP contribution < -0.4 is 4.31 Å². The number of amides is 1. The van der Waals surface area contributed by atoms with Gasteiger partial charge in [0, 0.05) is 55.4 Å². The molecule has 2 saturated heterocycles. The number of ether oxygens (including phenoxy) is 1. The molecule has 47 heavy (non-hydrogen) atoms. The third kappa shape index (κ3) is 8.22. The number of halogens is 6. The Hall–Kier alpha value is -2.48. The summed E-state index contributed by atoms with van der Waals surface area (Å²) in [6, 6.07) is 6.67. The Kier molecular flexibility index (Phi) is 10.8. The number of hydrogen-bond acceptors (Lipinski definition) is 5. The zero-order valence-electron chi connectivity index (χ0n) is 26.7. The Morgan fingerprint density at radius 1 is 1.00 bits per heavy atom. The molecule has 2 aromatic rings.